The number of rotatable bonds is 1. The molecule has 1 N–H and O–H groups in total. The minimum Gasteiger partial charge on any atom is -0.298 e. The highest BCUT2D eigenvalue weighted by Gasteiger charge is 2.15. The largest absolute Gasteiger partial charge is 0.298 e. The Hall–Kier alpha value is -0.780. The van der Waals surface area contributed by atoms with Crippen LogP contribution < -0.4 is 5.56 Å². The molecule has 66 valence electrons. The first kappa shape index (κ1) is 9.31. The van der Waals surface area contributed by atoms with E-state index in [1.807, 2.05) is 0 Å². The Morgan fingerprint density at radius 2 is 2.08 bits per heavy atom. The first-order valence-electron chi connectivity index (χ1n) is 2.88. The Morgan fingerprint density at radius 1 is 1.50 bits per heavy atom. The number of alkyl halides is 2. The molecule has 0 radical (unpaired) electrons. The van der Waals surface area contributed by atoms with E-state index in [1.165, 1.54) is 0 Å². The van der Waals surface area contributed by atoms with Crippen LogP contribution in [0.3, 0.4) is 0 Å². The van der Waals surface area contributed by atoms with Crippen molar-refractivity contribution in [2.75, 3.05) is 0 Å². The second-order valence-corrected chi connectivity index (χ2v) is 2.81. The predicted octanol–water partition coefficient (Wildman–Crippen LogP) is 2.21. The average molecular weight is 242 g/mol. The van der Waals surface area contributed by atoms with E-state index < -0.39 is 28.0 Å². The van der Waals surface area contributed by atoms with Crippen LogP contribution in [0, 0.1) is 5.95 Å². The van der Waals surface area contributed by atoms with Gasteiger partial charge in [0.2, 0.25) is 5.95 Å². The predicted molar refractivity (Wildman–Crippen MR) is 39.7 cm³/mol. The van der Waals surface area contributed by atoms with Gasteiger partial charge in [0.05, 0.1) is 4.47 Å². The molecule has 0 aliphatic carbocycles. The Bertz CT molecular complexity index is 349. The molecule has 0 aromatic carbocycles. The lowest BCUT2D eigenvalue weighted by Gasteiger charge is -2.01. The van der Waals surface area contributed by atoms with Crippen molar-refractivity contribution in [2.24, 2.45) is 0 Å². The molecule has 12 heavy (non-hydrogen) atoms. The minimum atomic E-state index is -2.86. The quantitative estimate of drug-likeness (QED) is 0.752. The van der Waals surface area contributed by atoms with Crippen LogP contribution in [0.4, 0.5) is 13.2 Å². The zero-order valence-corrected chi connectivity index (χ0v) is 7.16. The molecule has 1 aromatic rings. The van der Waals surface area contributed by atoms with Crippen molar-refractivity contribution in [3.8, 4) is 0 Å². The van der Waals surface area contributed by atoms with Gasteiger partial charge in [0, 0.05) is 11.6 Å². The van der Waals surface area contributed by atoms with Crippen LogP contribution in [-0.4, -0.2) is 4.98 Å². The highest BCUT2D eigenvalue weighted by Crippen LogP contribution is 2.26. The van der Waals surface area contributed by atoms with E-state index in [9.17, 15) is 18.0 Å². The lowest BCUT2D eigenvalue weighted by atomic mass is 10.3. The number of nitrogens with one attached hydrogen (secondary N) is 1. The van der Waals surface area contributed by atoms with Gasteiger partial charge in [-0.05, 0) is 15.9 Å². The molecule has 6 heteroatoms. The molecule has 0 atom stereocenters. The van der Waals surface area contributed by atoms with E-state index in [0.717, 1.165) is 0 Å². The third kappa shape index (κ3) is 1.69. The summed E-state index contributed by atoms with van der Waals surface area (Å²) >= 11 is 2.59. The van der Waals surface area contributed by atoms with Crippen molar-refractivity contribution >= 4 is 15.9 Å². The van der Waals surface area contributed by atoms with Gasteiger partial charge >= 0.3 is 0 Å². The molecule has 0 amide bonds. The first-order valence-corrected chi connectivity index (χ1v) is 3.68. The third-order valence-electron chi connectivity index (χ3n) is 1.20. The molecule has 1 aromatic heterocycles. The van der Waals surface area contributed by atoms with Crippen LogP contribution in [0.1, 0.15) is 12.0 Å². The standard InChI is InChI=1S/C6H3BrF3NO/c7-4-2(5(8)9)1-3(12)11-6(4)10/h1,5H,(H,11,12). The zero-order chi connectivity index (χ0) is 9.30. The molecule has 2 nitrogen and oxygen atoms in total. The van der Waals surface area contributed by atoms with Crippen molar-refractivity contribution < 1.29 is 13.2 Å². The van der Waals surface area contributed by atoms with Crippen LogP contribution in [-0.2, 0) is 0 Å². The van der Waals surface area contributed by atoms with Gasteiger partial charge in [0.1, 0.15) is 0 Å². The normalized spacial score (nSPS) is 10.8. The lowest BCUT2D eigenvalue weighted by Crippen LogP contribution is -2.09. The summed E-state index contributed by atoms with van der Waals surface area (Å²) < 4.78 is 36.2. The molecule has 1 rings (SSSR count). The third-order valence-corrected chi connectivity index (χ3v) is 2.01. The van der Waals surface area contributed by atoms with Crippen molar-refractivity contribution in [1.29, 1.82) is 0 Å². The number of pyridine rings is 1. The molecular formula is C6H3BrF3NO. The summed E-state index contributed by atoms with van der Waals surface area (Å²) in [6, 6.07) is 0.651. The van der Waals surface area contributed by atoms with Crippen molar-refractivity contribution in [1.82, 2.24) is 4.98 Å². The second-order valence-electron chi connectivity index (χ2n) is 2.02. The summed E-state index contributed by atoms with van der Waals surface area (Å²) in [4.78, 5) is 12.2. The van der Waals surface area contributed by atoms with Crippen LogP contribution in [0.2, 0.25) is 0 Å². The van der Waals surface area contributed by atoms with Crippen LogP contribution in [0.5, 0.6) is 0 Å². The van der Waals surface area contributed by atoms with Crippen LogP contribution >= 0.6 is 15.9 Å². The lowest BCUT2D eigenvalue weighted by molar-refractivity contribution is 0.149. The average Bonchev–Trinajstić information content (AvgIpc) is 1.96. The molecule has 0 unspecified atom stereocenters. The maximum absolute atomic E-state index is 12.6. The maximum atomic E-state index is 12.6. The maximum Gasteiger partial charge on any atom is 0.265 e. The molecule has 0 saturated heterocycles. The number of hydrogen-bond donors (Lipinski definition) is 1. The molecule has 0 fully saturated rings. The van der Waals surface area contributed by atoms with Crippen molar-refractivity contribution in [3.05, 3.63) is 32.4 Å². The van der Waals surface area contributed by atoms with E-state index >= 15 is 0 Å². The van der Waals surface area contributed by atoms with Gasteiger partial charge in [-0.25, -0.2) is 8.78 Å². The number of hydrogen-bond acceptors (Lipinski definition) is 1. The Balaban J connectivity index is 3.38. The topological polar surface area (TPSA) is 32.9 Å². The Kier molecular flexibility index (Phi) is 2.56. The SMILES string of the molecule is O=c1cc(C(F)F)c(Br)c(F)[nH]1. The molecule has 0 aliphatic heterocycles. The van der Waals surface area contributed by atoms with Gasteiger partial charge in [0.25, 0.3) is 12.0 Å². The summed E-state index contributed by atoms with van der Waals surface area (Å²) in [6.45, 7) is 0. The molecule has 0 saturated carbocycles. The Labute approximate surface area is 73.5 Å². The number of aromatic amines is 1. The Morgan fingerprint density at radius 3 is 2.58 bits per heavy atom. The zero-order valence-electron chi connectivity index (χ0n) is 5.57. The fraction of sp³-hybridized carbons (Fsp3) is 0.167. The van der Waals surface area contributed by atoms with Crippen molar-refractivity contribution in [2.45, 2.75) is 6.43 Å². The number of halogens is 4. The van der Waals surface area contributed by atoms with Crippen LogP contribution in [0.15, 0.2) is 15.3 Å². The summed E-state index contributed by atoms with van der Waals surface area (Å²) in [5.41, 5.74) is -1.53. The van der Waals surface area contributed by atoms with Gasteiger partial charge in [-0.15, -0.1) is 0 Å². The molecule has 1 heterocycles. The van der Waals surface area contributed by atoms with E-state index in [2.05, 4.69) is 15.9 Å². The minimum absolute atomic E-state index is 0.405. The second kappa shape index (κ2) is 3.30. The summed E-state index contributed by atoms with van der Waals surface area (Å²) in [6.07, 6.45) is -2.86. The summed E-state index contributed by atoms with van der Waals surface area (Å²) in [5.74, 6) is -1.09. The molecule has 0 aliphatic rings. The smallest absolute Gasteiger partial charge is 0.265 e. The molecular weight excluding hydrogens is 239 g/mol. The fourth-order valence-electron chi connectivity index (χ4n) is 0.689. The molecule has 0 bridgehead atoms. The van der Waals surface area contributed by atoms with E-state index in [4.69, 9.17) is 0 Å². The van der Waals surface area contributed by atoms with Crippen molar-refractivity contribution in [3.63, 3.8) is 0 Å². The fourth-order valence-corrected chi connectivity index (χ4v) is 1.08. The van der Waals surface area contributed by atoms with E-state index in [0.29, 0.717) is 6.07 Å². The van der Waals surface area contributed by atoms with Gasteiger partial charge in [0.15, 0.2) is 0 Å². The highest BCUT2D eigenvalue weighted by molar-refractivity contribution is 9.10. The number of H-pyrrole nitrogens is 1. The summed E-state index contributed by atoms with van der Waals surface area (Å²) in [7, 11) is 0. The number of aromatic nitrogens is 1. The monoisotopic (exact) mass is 241 g/mol. The first-order chi connectivity index (χ1) is 5.52. The van der Waals surface area contributed by atoms with Gasteiger partial charge in [-0.1, -0.05) is 0 Å². The van der Waals surface area contributed by atoms with Gasteiger partial charge < -0.3 is 0 Å². The highest BCUT2D eigenvalue weighted by atomic mass is 79.9. The van der Waals surface area contributed by atoms with Gasteiger partial charge in [-0.2, -0.15) is 4.39 Å². The van der Waals surface area contributed by atoms with E-state index in [-0.39, 0.29) is 0 Å². The van der Waals surface area contributed by atoms with E-state index in [1.54, 1.807) is 4.98 Å². The summed E-state index contributed by atoms with van der Waals surface area (Å²) in [5, 5.41) is 0. The molecule has 0 spiro atoms. The van der Waals surface area contributed by atoms with Gasteiger partial charge in [-0.3, -0.25) is 9.78 Å². The van der Waals surface area contributed by atoms with Crippen LogP contribution in [0.25, 0.3) is 0 Å².